The van der Waals surface area contributed by atoms with E-state index in [2.05, 4.69) is 15.9 Å². The van der Waals surface area contributed by atoms with Crippen LogP contribution in [0.3, 0.4) is 0 Å². The Balaban J connectivity index is 2.06. The molecule has 2 N–H and O–H groups in total. The molecule has 0 heterocycles. The van der Waals surface area contributed by atoms with Crippen molar-refractivity contribution in [3.05, 3.63) is 28.2 Å². The number of nitrogen functional groups attached to an aromatic ring is 1. The van der Waals surface area contributed by atoms with Gasteiger partial charge in [-0.1, -0.05) is 22.4 Å². The summed E-state index contributed by atoms with van der Waals surface area (Å²) >= 11 is 3.36. The summed E-state index contributed by atoms with van der Waals surface area (Å²) in [6, 6.07) is 5.34. The van der Waals surface area contributed by atoms with Gasteiger partial charge in [-0.2, -0.15) is 0 Å². The van der Waals surface area contributed by atoms with Crippen LogP contribution in [0.1, 0.15) is 29.6 Å². The number of amides is 1. The van der Waals surface area contributed by atoms with E-state index in [0.29, 0.717) is 17.2 Å². The van der Waals surface area contributed by atoms with Crippen molar-refractivity contribution in [2.24, 2.45) is 5.92 Å². The van der Waals surface area contributed by atoms with Gasteiger partial charge < -0.3 is 10.6 Å². The molecule has 4 heteroatoms. The average molecular weight is 297 g/mol. The van der Waals surface area contributed by atoms with Gasteiger partial charge in [0.2, 0.25) is 0 Å². The lowest BCUT2D eigenvalue weighted by atomic mass is 9.85. The van der Waals surface area contributed by atoms with Crippen LogP contribution in [0, 0.1) is 5.92 Å². The van der Waals surface area contributed by atoms with Crippen molar-refractivity contribution in [3.63, 3.8) is 0 Å². The number of carbonyl (C=O) groups is 1. The lowest BCUT2D eigenvalue weighted by Gasteiger charge is -2.30. The topological polar surface area (TPSA) is 46.3 Å². The highest BCUT2D eigenvalue weighted by molar-refractivity contribution is 9.10. The molecule has 1 amide bonds. The predicted molar refractivity (Wildman–Crippen MR) is 72.9 cm³/mol. The van der Waals surface area contributed by atoms with Crippen molar-refractivity contribution < 1.29 is 4.79 Å². The summed E-state index contributed by atoms with van der Waals surface area (Å²) < 4.78 is 0.845. The van der Waals surface area contributed by atoms with Crippen LogP contribution in [0.4, 0.5) is 5.69 Å². The molecule has 1 aromatic carbocycles. The van der Waals surface area contributed by atoms with Gasteiger partial charge in [-0.3, -0.25) is 4.79 Å². The number of anilines is 1. The van der Waals surface area contributed by atoms with Crippen molar-refractivity contribution in [1.82, 2.24) is 4.90 Å². The normalized spacial score (nSPS) is 15.4. The van der Waals surface area contributed by atoms with Crippen molar-refractivity contribution in [2.75, 3.05) is 19.3 Å². The van der Waals surface area contributed by atoms with E-state index in [1.807, 2.05) is 13.1 Å². The quantitative estimate of drug-likeness (QED) is 0.872. The SMILES string of the molecule is CN(CC1CCC1)C(=O)c1cc(N)cc(Br)c1. The molecule has 17 heavy (non-hydrogen) atoms. The number of nitrogens with two attached hydrogens (primary N) is 1. The van der Waals surface area contributed by atoms with Gasteiger partial charge in [0.05, 0.1) is 0 Å². The van der Waals surface area contributed by atoms with E-state index in [4.69, 9.17) is 5.73 Å². The number of benzene rings is 1. The van der Waals surface area contributed by atoms with E-state index in [0.717, 1.165) is 11.0 Å². The molecule has 1 aromatic rings. The summed E-state index contributed by atoms with van der Waals surface area (Å²) in [5, 5.41) is 0. The van der Waals surface area contributed by atoms with Crippen LogP contribution in [-0.2, 0) is 0 Å². The first-order valence-electron chi connectivity index (χ1n) is 5.88. The molecule has 0 unspecified atom stereocenters. The van der Waals surface area contributed by atoms with Gasteiger partial charge in [0, 0.05) is 29.3 Å². The number of carbonyl (C=O) groups excluding carboxylic acids is 1. The molecular weight excluding hydrogens is 280 g/mol. The Morgan fingerprint density at radius 2 is 2.18 bits per heavy atom. The Labute approximate surface area is 110 Å². The fraction of sp³-hybridized carbons (Fsp3) is 0.462. The minimum Gasteiger partial charge on any atom is -0.399 e. The van der Waals surface area contributed by atoms with Crippen molar-refractivity contribution in [2.45, 2.75) is 19.3 Å². The van der Waals surface area contributed by atoms with Gasteiger partial charge >= 0.3 is 0 Å². The average Bonchev–Trinajstić information content (AvgIpc) is 2.20. The summed E-state index contributed by atoms with van der Waals surface area (Å²) in [4.78, 5) is 14.0. The van der Waals surface area contributed by atoms with Crippen LogP contribution in [-0.4, -0.2) is 24.4 Å². The molecule has 0 spiro atoms. The summed E-state index contributed by atoms with van der Waals surface area (Å²) in [6.45, 7) is 0.852. The molecule has 1 fully saturated rings. The monoisotopic (exact) mass is 296 g/mol. The highest BCUT2D eigenvalue weighted by atomic mass is 79.9. The molecule has 92 valence electrons. The first kappa shape index (κ1) is 12.4. The van der Waals surface area contributed by atoms with Gasteiger partial charge in [-0.05, 0) is 37.0 Å². The van der Waals surface area contributed by atoms with Crippen LogP contribution in [0.5, 0.6) is 0 Å². The smallest absolute Gasteiger partial charge is 0.253 e. The van der Waals surface area contributed by atoms with Gasteiger partial charge in [-0.15, -0.1) is 0 Å². The molecule has 0 radical (unpaired) electrons. The standard InChI is InChI=1S/C13H17BrN2O/c1-16(8-9-3-2-4-9)13(17)10-5-11(14)7-12(15)6-10/h5-7,9H,2-4,8,15H2,1H3. The van der Waals surface area contributed by atoms with Crippen LogP contribution in [0.15, 0.2) is 22.7 Å². The number of hydrogen-bond donors (Lipinski definition) is 1. The lowest BCUT2D eigenvalue weighted by molar-refractivity contribution is 0.0745. The summed E-state index contributed by atoms with van der Waals surface area (Å²) in [7, 11) is 1.86. The Hall–Kier alpha value is -1.03. The molecule has 2 rings (SSSR count). The Kier molecular flexibility index (Phi) is 3.72. The molecule has 0 aromatic heterocycles. The summed E-state index contributed by atoms with van der Waals surface area (Å²) in [5.74, 6) is 0.735. The first-order chi connectivity index (χ1) is 8.06. The molecular formula is C13H17BrN2O. The van der Waals surface area contributed by atoms with Gasteiger partial charge in [0.25, 0.3) is 5.91 Å². The van der Waals surface area contributed by atoms with Crippen molar-refractivity contribution in [3.8, 4) is 0 Å². The fourth-order valence-electron chi connectivity index (χ4n) is 2.10. The minimum atomic E-state index is 0.0462. The highest BCUT2D eigenvalue weighted by Crippen LogP contribution is 2.27. The Bertz CT molecular complexity index is 409. The molecule has 0 saturated heterocycles. The molecule has 3 nitrogen and oxygen atoms in total. The zero-order chi connectivity index (χ0) is 12.4. The predicted octanol–water partition coefficient (Wildman–Crippen LogP) is 2.90. The molecule has 0 aliphatic heterocycles. The van der Waals surface area contributed by atoms with E-state index < -0.39 is 0 Å². The third-order valence-electron chi connectivity index (χ3n) is 3.27. The van der Waals surface area contributed by atoms with Crippen molar-refractivity contribution >= 4 is 27.5 Å². The second-order valence-electron chi connectivity index (χ2n) is 4.76. The van der Waals surface area contributed by atoms with E-state index >= 15 is 0 Å². The highest BCUT2D eigenvalue weighted by Gasteiger charge is 2.22. The molecule has 1 aliphatic carbocycles. The number of nitrogens with zero attached hydrogens (tertiary/aromatic N) is 1. The third kappa shape index (κ3) is 3.00. The molecule has 1 saturated carbocycles. The molecule has 0 bridgehead atoms. The Morgan fingerprint density at radius 3 is 2.71 bits per heavy atom. The lowest BCUT2D eigenvalue weighted by Crippen LogP contribution is -2.34. The summed E-state index contributed by atoms with van der Waals surface area (Å²) in [6.07, 6.45) is 3.80. The van der Waals surface area contributed by atoms with Crippen LogP contribution in [0.2, 0.25) is 0 Å². The molecule has 1 aliphatic rings. The fourth-order valence-corrected chi connectivity index (χ4v) is 2.61. The van der Waals surface area contributed by atoms with Crippen molar-refractivity contribution in [1.29, 1.82) is 0 Å². The maximum atomic E-state index is 12.2. The van der Waals surface area contributed by atoms with Crippen LogP contribution >= 0.6 is 15.9 Å². The second-order valence-corrected chi connectivity index (χ2v) is 5.67. The van der Waals surface area contributed by atoms with E-state index in [1.165, 1.54) is 19.3 Å². The number of rotatable bonds is 3. The van der Waals surface area contributed by atoms with Crippen LogP contribution < -0.4 is 5.73 Å². The summed E-state index contributed by atoms with van der Waals surface area (Å²) in [5.41, 5.74) is 7.00. The Morgan fingerprint density at radius 1 is 1.47 bits per heavy atom. The van der Waals surface area contributed by atoms with Gasteiger partial charge in [0.1, 0.15) is 0 Å². The first-order valence-corrected chi connectivity index (χ1v) is 6.67. The van der Waals surface area contributed by atoms with E-state index in [-0.39, 0.29) is 5.91 Å². The third-order valence-corrected chi connectivity index (χ3v) is 3.73. The zero-order valence-corrected chi connectivity index (χ0v) is 11.5. The van der Waals surface area contributed by atoms with E-state index in [1.54, 1.807) is 17.0 Å². The maximum absolute atomic E-state index is 12.2. The second kappa shape index (κ2) is 5.08. The minimum absolute atomic E-state index is 0.0462. The largest absolute Gasteiger partial charge is 0.399 e. The number of hydrogen-bond acceptors (Lipinski definition) is 2. The van der Waals surface area contributed by atoms with Gasteiger partial charge in [-0.25, -0.2) is 0 Å². The zero-order valence-electron chi connectivity index (χ0n) is 9.95. The van der Waals surface area contributed by atoms with Gasteiger partial charge in [0.15, 0.2) is 0 Å². The number of halogens is 1. The van der Waals surface area contributed by atoms with E-state index in [9.17, 15) is 4.79 Å². The molecule has 0 atom stereocenters. The van der Waals surface area contributed by atoms with Crippen LogP contribution in [0.25, 0.3) is 0 Å². The maximum Gasteiger partial charge on any atom is 0.253 e.